The second-order valence-electron chi connectivity index (χ2n) is 2.96. The molecule has 2 rings (SSSR count). The van der Waals surface area contributed by atoms with E-state index in [1.165, 1.54) is 29.7 Å². The molecule has 2 nitrogen and oxygen atoms in total. The van der Waals surface area contributed by atoms with E-state index >= 15 is 0 Å². The molecule has 78 valence electrons. The van der Waals surface area contributed by atoms with Crippen LogP contribution in [0.3, 0.4) is 0 Å². The smallest absolute Gasteiger partial charge is 0.131 e. The number of rotatable bonds is 2. The highest BCUT2D eigenvalue weighted by molar-refractivity contribution is 7.15. The Bertz CT molecular complexity index is 474. The molecule has 5 heteroatoms. The maximum absolute atomic E-state index is 12.9. The van der Waals surface area contributed by atoms with Gasteiger partial charge >= 0.3 is 0 Å². The van der Waals surface area contributed by atoms with E-state index in [0.29, 0.717) is 14.9 Å². The van der Waals surface area contributed by atoms with Gasteiger partial charge in [0.15, 0.2) is 0 Å². The van der Waals surface area contributed by atoms with Crippen LogP contribution >= 0.6 is 22.9 Å². The summed E-state index contributed by atoms with van der Waals surface area (Å²) in [7, 11) is 0. The molecule has 0 bridgehead atoms. The zero-order valence-electron chi connectivity index (χ0n) is 7.52. The van der Waals surface area contributed by atoms with E-state index in [4.69, 9.17) is 11.6 Å². The lowest BCUT2D eigenvalue weighted by molar-refractivity contribution is 0.219. The Morgan fingerprint density at radius 1 is 1.47 bits per heavy atom. The van der Waals surface area contributed by atoms with Crippen LogP contribution in [0.2, 0.25) is 4.34 Å². The third-order valence-electron chi connectivity index (χ3n) is 1.89. The van der Waals surface area contributed by atoms with Crippen LogP contribution in [0.15, 0.2) is 30.5 Å². The van der Waals surface area contributed by atoms with E-state index in [-0.39, 0.29) is 5.82 Å². The zero-order valence-corrected chi connectivity index (χ0v) is 9.10. The number of halogens is 2. The summed E-state index contributed by atoms with van der Waals surface area (Å²) in [5.74, 6) is -0.380. The number of benzene rings is 1. The van der Waals surface area contributed by atoms with Gasteiger partial charge in [0.1, 0.15) is 21.3 Å². The minimum atomic E-state index is -0.918. The van der Waals surface area contributed by atoms with E-state index in [1.54, 1.807) is 12.1 Å². The first-order valence-corrected chi connectivity index (χ1v) is 5.41. The number of hydrogen-bond donors (Lipinski definition) is 1. The van der Waals surface area contributed by atoms with Crippen molar-refractivity contribution in [3.63, 3.8) is 0 Å². The minimum Gasteiger partial charge on any atom is -0.381 e. The molecule has 1 aromatic heterocycles. The molecule has 0 radical (unpaired) electrons. The number of aromatic nitrogens is 1. The third kappa shape index (κ3) is 2.34. The Morgan fingerprint density at radius 3 is 2.87 bits per heavy atom. The van der Waals surface area contributed by atoms with Crippen LogP contribution in [-0.2, 0) is 0 Å². The summed E-state index contributed by atoms with van der Waals surface area (Å²) >= 11 is 6.87. The first-order valence-electron chi connectivity index (χ1n) is 4.21. The lowest BCUT2D eigenvalue weighted by atomic mass is 10.1. The molecule has 2 aromatic rings. The zero-order chi connectivity index (χ0) is 10.8. The highest BCUT2D eigenvalue weighted by Gasteiger charge is 2.14. The van der Waals surface area contributed by atoms with Crippen molar-refractivity contribution in [2.45, 2.75) is 6.10 Å². The molecule has 15 heavy (non-hydrogen) atoms. The van der Waals surface area contributed by atoms with Gasteiger partial charge in [-0.2, -0.15) is 0 Å². The summed E-state index contributed by atoms with van der Waals surface area (Å²) in [4.78, 5) is 3.94. The number of hydrogen-bond acceptors (Lipinski definition) is 3. The predicted molar refractivity (Wildman–Crippen MR) is 57.6 cm³/mol. The number of thiazole rings is 1. The van der Waals surface area contributed by atoms with Crippen LogP contribution in [0.5, 0.6) is 0 Å². The van der Waals surface area contributed by atoms with Crippen LogP contribution in [0.1, 0.15) is 16.7 Å². The maximum Gasteiger partial charge on any atom is 0.131 e. The van der Waals surface area contributed by atoms with E-state index < -0.39 is 6.10 Å². The van der Waals surface area contributed by atoms with Gasteiger partial charge in [-0.05, 0) is 17.7 Å². The Labute approximate surface area is 95.0 Å². The van der Waals surface area contributed by atoms with Gasteiger partial charge in [0.25, 0.3) is 0 Å². The summed E-state index contributed by atoms with van der Waals surface area (Å²) in [6.07, 6.45) is 0.544. The van der Waals surface area contributed by atoms with Crippen LogP contribution < -0.4 is 0 Å². The van der Waals surface area contributed by atoms with Gasteiger partial charge in [0.05, 0.1) is 6.20 Å². The summed E-state index contributed by atoms with van der Waals surface area (Å²) in [6, 6.07) is 5.79. The normalized spacial score (nSPS) is 12.7. The molecule has 1 unspecified atom stereocenters. The van der Waals surface area contributed by atoms with E-state index in [1.807, 2.05) is 0 Å². The number of aliphatic hydroxyl groups is 1. The molecule has 1 aromatic carbocycles. The third-order valence-corrected chi connectivity index (χ3v) is 3.06. The lowest BCUT2D eigenvalue weighted by Crippen LogP contribution is -1.98. The Kier molecular flexibility index (Phi) is 3.00. The van der Waals surface area contributed by atoms with Crippen molar-refractivity contribution in [2.24, 2.45) is 0 Å². The van der Waals surface area contributed by atoms with E-state index in [2.05, 4.69) is 4.98 Å². The molecule has 0 saturated heterocycles. The minimum absolute atomic E-state index is 0.380. The van der Waals surface area contributed by atoms with Crippen LogP contribution in [0, 0.1) is 5.82 Å². The molecule has 0 aliphatic rings. The number of nitrogens with zero attached hydrogens (tertiary/aromatic N) is 1. The Morgan fingerprint density at radius 2 is 2.27 bits per heavy atom. The predicted octanol–water partition coefficient (Wildman–Crippen LogP) is 3.02. The summed E-state index contributed by atoms with van der Waals surface area (Å²) in [5, 5.41) is 10.3. The lowest BCUT2D eigenvalue weighted by Gasteiger charge is -2.06. The maximum atomic E-state index is 12.9. The van der Waals surface area contributed by atoms with Crippen molar-refractivity contribution in [1.82, 2.24) is 4.98 Å². The molecular weight excluding hydrogens is 237 g/mol. The molecule has 1 atom stereocenters. The second kappa shape index (κ2) is 4.26. The molecule has 0 spiro atoms. The van der Waals surface area contributed by atoms with Crippen molar-refractivity contribution in [1.29, 1.82) is 0 Å². The SMILES string of the molecule is OC(c1cccc(F)c1)c1ncc(Cl)s1. The summed E-state index contributed by atoms with van der Waals surface area (Å²) in [5.41, 5.74) is 0.473. The largest absolute Gasteiger partial charge is 0.381 e. The van der Waals surface area contributed by atoms with Crippen molar-refractivity contribution in [2.75, 3.05) is 0 Å². The molecule has 0 amide bonds. The number of aliphatic hydroxyl groups excluding tert-OH is 1. The van der Waals surface area contributed by atoms with Crippen molar-refractivity contribution in [3.05, 3.63) is 51.2 Å². The second-order valence-corrected chi connectivity index (χ2v) is 4.65. The standard InChI is InChI=1S/C10H7ClFNOS/c11-8-5-13-10(15-8)9(14)6-2-1-3-7(12)4-6/h1-5,9,14H. The first kappa shape index (κ1) is 10.5. The van der Waals surface area contributed by atoms with Crippen molar-refractivity contribution >= 4 is 22.9 Å². The van der Waals surface area contributed by atoms with Crippen LogP contribution in [0.4, 0.5) is 4.39 Å². The van der Waals surface area contributed by atoms with Gasteiger partial charge in [-0.3, -0.25) is 0 Å². The Hall–Kier alpha value is -0.970. The van der Waals surface area contributed by atoms with Gasteiger partial charge in [-0.25, -0.2) is 9.37 Å². The van der Waals surface area contributed by atoms with Gasteiger partial charge < -0.3 is 5.11 Å². The average molecular weight is 244 g/mol. The van der Waals surface area contributed by atoms with Crippen molar-refractivity contribution in [3.8, 4) is 0 Å². The fourth-order valence-corrected chi connectivity index (χ4v) is 2.16. The molecule has 0 aliphatic carbocycles. The first-order chi connectivity index (χ1) is 7.16. The van der Waals surface area contributed by atoms with E-state index in [0.717, 1.165) is 0 Å². The molecule has 0 fully saturated rings. The van der Waals surface area contributed by atoms with Gasteiger partial charge in [0, 0.05) is 0 Å². The van der Waals surface area contributed by atoms with Crippen molar-refractivity contribution < 1.29 is 9.50 Å². The average Bonchev–Trinajstić information content (AvgIpc) is 2.64. The van der Waals surface area contributed by atoms with Gasteiger partial charge in [-0.15, -0.1) is 11.3 Å². The fraction of sp³-hybridized carbons (Fsp3) is 0.100. The van der Waals surface area contributed by atoms with Crippen LogP contribution in [0.25, 0.3) is 0 Å². The summed E-state index contributed by atoms with van der Waals surface area (Å²) < 4.78 is 13.4. The quantitative estimate of drug-likeness (QED) is 0.880. The monoisotopic (exact) mass is 243 g/mol. The molecule has 1 heterocycles. The molecular formula is C10H7ClFNOS. The topological polar surface area (TPSA) is 33.1 Å². The highest BCUT2D eigenvalue weighted by Crippen LogP contribution is 2.28. The van der Waals surface area contributed by atoms with Crippen LogP contribution in [-0.4, -0.2) is 10.1 Å². The van der Waals surface area contributed by atoms with E-state index in [9.17, 15) is 9.50 Å². The summed E-state index contributed by atoms with van der Waals surface area (Å²) in [6.45, 7) is 0. The molecule has 0 saturated carbocycles. The van der Waals surface area contributed by atoms with Gasteiger partial charge in [0.2, 0.25) is 0 Å². The molecule has 0 aliphatic heterocycles. The molecule has 1 N–H and O–H groups in total. The highest BCUT2D eigenvalue weighted by atomic mass is 35.5. The van der Waals surface area contributed by atoms with Gasteiger partial charge in [-0.1, -0.05) is 23.7 Å². The fourth-order valence-electron chi connectivity index (χ4n) is 1.21. The Balaban J connectivity index is 2.32.